The highest BCUT2D eigenvalue weighted by molar-refractivity contribution is 5.49. The summed E-state index contributed by atoms with van der Waals surface area (Å²) in [5.74, 6) is 0.944. The van der Waals surface area contributed by atoms with Crippen molar-refractivity contribution < 1.29 is 4.74 Å². The second kappa shape index (κ2) is 3.77. The van der Waals surface area contributed by atoms with Crippen molar-refractivity contribution in [3.05, 3.63) is 28.8 Å². The van der Waals surface area contributed by atoms with Crippen LogP contribution in [0.3, 0.4) is 0 Å². The Balaban J connectivity index is 2.50. The third-order valence-electron chi connectivity index (χ3n) is 3.90. The van der Waals surface area contributed by atoms with Crippen LogP contribution in [0.4, 0.5) is 0 Å². The van der Waals surface area contributed by atoms with Crippen LogP contribution in [0.5, 0.6) is 5.75 Å². The van der Waals surface area contributed by atoms with E-state index >= 15 is 0 Å². The van der Waals surface area contributed by atoms with Gasteiger partial charge in [-0.15, -0.1) is 0 Å². The number of methoxy groups -OCH3 is 1. The van der Waals surface area contributed by atoms with E-state index in [1.165, 1.54) is 29.5 Å². The number of nitrogens with two attached hydrogens (primary N) is 1. The minimum absolute atomic E-state index is 0.235. The number of aryl methyl sites for hydroxylation is 2. The van der Waals surface area contributed by atoms with E-state index in [4.69, 9.17) is 10.5 Å². The molecule has 0 aliphatic heterocycles. The van der Waals surface area contributed by atoms with Crippen molar-refractivity contribution in [1.29, 1.82) is 0 Å². The van der Waals surface area contributed by atoms with Gasteiger partial charge in [-0.2, -0.15) is 0 Å². The van der Waals surface area contributed by atoms with E-state index in [0.717, 1.165) is 5.75 Å². The van der Waals surface area contributed by atoms with E-state index in [2.05, 4.69) is 32.9 Å². The molecular weight excluding hydrogens is 198 g/mol. The highest BCUT2D eigenvalue weighted by atomic mass is 16.5. The first-order valence-electron chi connectivity index (χ1n) is 5.92. The highest BCUT2D eigenvalue weighted by Gasteiger charge is 2.48. The van der Waals surface area contributed by atoms with E-state index in [-0.39, 0.29) is 11.5 Å². The second-order valence-corrected chi connectivity index (χ2v) is 5.08. The van der Waals surface area contributed by atoms with Crippen molar-refractivity contribution in [1.82, 2.24) is 0 Å². The predicted molar refractivity (Wildman–Crippen MR) is 67.0 cm³/mol. The zero-order valence-electron chi connectivity index (χ0n) is 10.6. The monoisotopic (exact) mass is 219 g/mol. The molecule has 0 aromatic heterocycles. The third-order valence-corrected chi connectivity index (χ3v) is 3.90. The molecule has 2 N–H and O–H groups in total. The second-order valence-electron chi connectivity index (χ2n) is 5.08. The normalized spacial score (nSPS) is 19.3. The molecule has 2 heteroatoms. The molecule has 0 amide bonds. The summed E-state index contributed by atoms with van der Waals surface area (Å²) in [5, 5.41) is 0. The number of hydrogen-bond acceptors (Lipinski definition) is 2. The Kier molecular flexibility index (Phi) is 2.70. The molecule has 1 fully saturated rings. The SMILES string of the molecule is COc1cc(C)c(C2(C(C)N)CC2)c(C)c1. The molecule has 0 spiro atoms. The van der Waals surface area contributed by atoms with Crippen LogP contribution in [0.2, 0.25) is 0 Å². The molecule has 0 bridgehead atoms. The van der Waals surface area contributed by atoms with Gasteiger partial charge in [-0.05, 0) is 62.4 Å². The lowest BCUT2D eigenvalue weighted by Crippen LogP contribution is -2.32. The molecule has 1 unspecified atom stereocenters. The smallest absolute Gasteiger partial charge is 0.119 e. The third kappa shape index (κ3) is 1.61. The lowest BCUT2D eigenvalue weighted by atomic mass is 9.83. The topological polar surface area (TPSA) is 35.2 Å². The predicted octanol–water partition coefficient (Wildman–Crippen LogP) is 2.69. The standard InChI is InChI=1S/C14H21NO/c1-9-7-12(16-4)8-10(2)13(9)14(5-6-14)11(3)15/h7-8,11H,5-6,15H2,1-4H3. The Morgan fingerprint density at radius 2 is 1.75 bits per heavy atom. The molecule has 0 heterocycles. The maximum Gasteiger partial charge on any atom is 0.119 e. The van der Waals surface area contributed by atoms with Gasteiger partial charge < -0.3 is 10.5 Å². The Bertz CT molecular complexity index is 382. The van der Waals surface area contributed by atoms with Gasteiger partial charge in [0, 0.05) is 11.5 Å². The number of ether oxygens (including phenoxy) is 1. The molecular formula is C14H21NO. The van der Waals surface area contributed by atoms with Gasteiger partial charge in [0.1, 0.15) is 5.75 Å². The molecule has 1 atom stereocenters. The van der Waals surface area contributed by atoms with Crippen molar-refractivity contribution in [3.63, 3.8) is 0 Å². The molecule has 88 valence electrons. The molecule has 0 radical (unpaired) electrons. The summed E-state index contributed by atoms with van der Waals surface area (Å²) >= 11 is 0. The van der Waals surface area contributed by atoms with Gasteiger partial charge in [-0.3, -0.25) is 0 Å². The van der Waals surface area contributed by atoms with E-state index < -0.39 is 0 Å². The molecule has 2 nitrogen and oxygen atoms in total. The summed E-state index contributed by atoms with van der Waals surface area (Å²) in [7, 11) is 1.71. The highest BCUT2D eigenvalue weighted by Crippen LogP contribution is 2.52. The Hall–Kier alpha value is -1.02. The fraction of sp³-hybridized carbons (Fsp3) is 0.571. The lowest BCUT2D eigenvalue weighted by Gasteiger charge is -2.25. The van der Waals surface area contributed by atoms with Gasteiger partial charge >= 0.3 is 0 Å². The average Bonchev–Trinajstić information content (AvgIpc) is 2.98. The van der Waals surface area contributed by atoms with Crippen LogP contribution in [0.15, 0.2) is 12.1 Å². The van der Waals surface area contributed by atoms with Crippen LogP contribution in [0.1, 0.15) is 36.5 Å². The molecule has 1 saturated carbocycles. The van der Waals surface area contributed by atoms with Gasteiger partial charge in [-0.1, -0.05) is 0 Å². The van der Waals surface area contributed by atoms with Crippen molar-refractivity contribution >= 4 is 0 Å². The van der Waals surface area contributed by atoms with Gasteiger partial charge in [0.25, 0.3) is 0 Å². The molecule has 0 saturated heterocycles. The van der Waals surface area contributed by atoms with E-state index in [0.29, 0.717) is 0 Å². The summed E-state index contributed by atoms with van der Waals surface area (Å²) in [5.41, 5.74) is 10.4. The Morgan fingerprint density at radius 3 is 2.06 bits per heavy atom. The van der Waals surface area contributed by atoms with E-state index in [1.54, 1.807) is 7.11 Å². The summed E-state index contributed by atoms with van der Waals surface area (Å²) in [6.45, 7) is 6.44. The Morgan fingerprint density at radius 1 is 1.25 bits per heavy atom. The van der Waals surface area contributed by atoms with Crippen LogP contribution in [0, 0.1) is 13.8 Å². The van der Waals surface area contributed by atoms with Gasteiger partial charge in [-0.25, -0.2) is 0 Å². The molecule has 1 aromatic carbocycles. The number of hydrogen-bond donors (Lipinski definition) is 1. The van der Waals surface area contributed by atoms with Crippen molar-refractivity contribution in [2.24, 2.45) is 5.73 Å². The molecule has 1 aliphatic rings. The molecule has 16 heavy (non-hydrogen) atoms. The van der Waals surface area contributed by atoms with Gasteiger partial charge in [0.2, 0.25) is 0 Å². The van der Waals surface area contributed by atoms with Gasteiger partial charge in [0.05, 0.1) is 7.11 Å². The van der Waals surface area contributed by atoms with Crippen molar-refractivity contribution in [3.8, 4) is 5.75 Å². The zero-order chi connectivity index (χ0) is 11.9. The van der Waals surface area contributed by atoms with Crippen molar-refractivity contribution in [2.75, 3.05) is 7.11 Å². The van der Waals surface area contributed by atoms with Crippen LogP contribution < -0.4 is 10.5 Å². The molecule has 1 aromatic rings. The van der Waals surface area contributed by atoms with Crippen LogP contribution in [0.25, 0.3) is 0 Å². The van der Waals surface area contributed by atoms with Crippen LogP contribution in [-0.4, -0.2) is 13.2 Å². The molecule has 2 rings (SSSR count). The van der Waals surface area contributed by atoms with E-state index in [1.807, 2.05) is 0 Å². The summed E-state index contributed by atoms with van der Waals surface area (Å²) in [6.07, 6.45) is 2.44. The zero-order valence-corrected chi connectivity index (χ0v) is 10.6. The number of rotatable bonds is 3. The lowest BCUT2D eigenvalue weighted by molar-refractivity contribution is 0.413. The number of benzene rings is 1. The Labute approximate surface area is 97.8 Å². The first-order chi connectivity index (χ1) is 7.51. The first-order valence-corrected chi connectivity index (χ1v) is 5.92. The van der Waals surface area contributed by atoms with Crippen LogP contribution >= 0.6 is 0 Å². The quantitative estimate of drug-likeness (QED) is 0.848. The minimum atomic E-state index is 0.235. The van der Waals surface area contributed by atoms with Crippen LogP contribution in [-0.2, 0) is 5.41 Å². The molecule has 1 aliphatic carbocycles. The summed E-state index contributed by atoms with van der Waals surface area (Å²) in [4.78, 5) is 0. The first kappa shape index (κ1) is 11.5. The summed E-state index contributed by atoms with van der Waals surface area (Å²) < 4.78 is 5.29. The average molecular weight is 219 g/mol. The minimum Gasteiger partial charge on any atom is -0.497 e. The maximum absolute atomic E-state index is 6.14. The van der Waals surface area contributed by atoms with Crippen molar-refractivity contribution in [2.45, 2.75) is 45.1 Å². The summed E-state index contributed by atoms with van der Waals surface area (Å²) in [6, 6.07) is 4.47. The fourth-order valence-electron chi connectivity index (χ4n) is 2.89. The van der Waals surface area contributed by atoms with Gasteiger partial charge in [0.15, 0.2) is 0 Å². The largest absolute Gasteiger partial charge is 0.497 e. The fourth-order valence-corrected chi connectivity index (χ4v) is 2.89. The maximum atomic E-state index is 6.14. The van der Waals surface area contributed by atoms with E-state index in [9.17, 15) is 0 Å².